The highest BCUT2D eigenvalue weighted by atomic mass is 32.1. The first kappa shape index (κ1) is 8.50. The minimum Gasteiger partial charge on any atom is -0.469 e. The number of thiazole rings is 1. The number of carbonyl (C=O) groups is 1. The average molecular weight is 198 g/mol. The first-order valence-electron chi connectivity index (χ1n) is 4.02. The lowest BCUT2D eigenvalue weighted by molar-refractivity contribution is -0.145. The van der Waals surface area contributed by atoms with Crippen LogP contribution >= 0.6 is 11.3 Å². The van der Waals surface area contributed by atoms with Crippen molar-refractivity contribution in [1.82, 2.24) is 4.98 Å². The Morgan fingerprint density at radius 2 is 2.46 bits per heavy atom. The van der Waals surface area contributed by atoms with Gasteiger partial charge in [-0.25, -0.2) is 4.98 Å². The molecule has 5 heteroatoms. The number of anilines is 1. The van der Waals surface area contributed by atoms with Gasteiger partial charge in [-0.3, -0.25) is 4.79 Å². The molecule has 1 aliphatic rings. The summed E-state index contributed by atoms with van der Waals surface area (Å²) in [5, 5.41) is 0.591. The molecule has 1 heterocycles. The van der Waals surface area contributed by atoms with Crippen LogP contribution in [0.5, 0.6) is 0 Å². The van der Waals surface area contributed by atoms with Gasteiger partial charge in [-0.2, -0.15) is 0 Å². The molecule has 1 aromatic rings. The molecule has 1 aromatic heterocycles. The maximum atomic E-state index is 11.2. The third-order valence-corrected chi connectivity index (χ3v) is 3.15. The lowest BCUT2D eigenvalue weighted by atomic mass is 10.1. The number of rotatable bonds is 1. The number of esters is 1. The fraction of sp³-hybridized carbons (Fsp3) is 0.500. The van der Waals surface area contributed by atoms with Gasteiger partial charge in [0, 0.05) is 11.3 Å². The van der Waals surface area contributed by atoms with Gasteiger partial charge >= 0.3 is 5.97 Å². The summed E-state index contributed by atoms with van der Waals surface area (Å²) in [6.07, 6.45) is 1.41. The fourth-order valence-electron chi connectivity index (χ4n) is 1.58. The number of nitrogens with zero attached hydrogens (tertiary/aromatic N) is 1. The Morgan fingerprint density at radius 1 is 1.69 bits per heavy atom. The van der Waals surface area contributed by atoms with E-state index < -0.39 is 0 Å². The Labute approximate surface area is 79.7 Å². The van der Waals surface area contributed by atoms with E-state index in [1.807, 2.05) is 0 Å². The number of aromatic nitrogens is 1. The Hall–Kier alpha value is -1.10. The van der Waals surface area contributed by atoms with Gasteiger partial charge < -0.3 is 10.5 Å². The van der Waals surface area contributed by atoms with Crippen molar-refractivity contribution in [3.05, 3.63) is 10.6 Å². The second kappa shape index (κ2) is 2.99. The van der Waals surface area contributed by atoms with Gasteiger partial charge in [0.15, 0.2) is 5.13 Å². The molecule has 2 rings (SSSR count). The molecule has 1 atom stereocenters. The monoisotopic (exact) mass is 198 g/mol. The van der Waals surface area contributed by atoms with Crippen molar-refractivity contribution in [2.45, 2.75) is 12.8 Å². The number of fused-ring (bicyclic) bond motifs is 1. The Morgan fingerprint density at radius 3 is 3.08 bits per heavy atom. The number of hydrogen-bond donors (Lipinski definition) is 1. The van der Waals surface area contributed by atoms with Gasteiger partial charge in [-0.15, -0.1) is 11.3 Å². The normalized spacial score (nSPS) is 19.9. The molecule has 0 amide bonds. The molecule has 13 heavy (non-hydrogen) atoms. The third-order valence-electron chi connectivity index (χ3n) is 2.20. The second-order valence-electron chi connectivity index (χ2n) is 3.05. The maximum absolute atomic E-state index is 11.2. The number of ether oxygens (including phenoxy) is 1. The molecule has 0 saturated carbocycles. The van der Waals surface area contributed by atoms with Crippen LogP contribution in [0.4, 0.5) is 5.13 Å². The van der Waals surface area contributed by atoms with E-state index in [4.69, 9.17) is 5.73 Å². The molecule has 1 aliphatic carbocycles. The Kier molecular flexibility index (Phi) is 1.95. The molecule has 0 unspecified atom stereocenters. The third kappa shape index (κ3) is 1.39. The van der Waals surface area contributed by atoms with E-state index in [0.29, 0.717) is 11.6 Å². The van der Waals surface area contributed by atoms with Crippen LogP contribution < -0.4 is 5.73 Å². The van der Waals surface area contributed by atoms with Crippen molar-refractivity contribution in [2.75, 3.05) is 12.8 Å². The number of nitrogen functional groups attached to an aromatic ring is 1. The van der Waals surface area contributed by atoms with Gasteiger partial charge in [0.25, 0.3) is 0 Å². The highest BCUT2D eigenvalue weighted by Gasteiger charge is 2.30. The SMILES string of the molecule is COC(=O)[C@@H]1Cc2nc(N)sc2C1. The highest BCUT2D eigenvalue weighted by Crippen LogP contribution is 2.32. The van der Waals surface area contributed by atoms with E-state index in [0.717, 1.165) is 17.0 Å². The molecular weight excluding hydrogens is 188 g/mol. The van der Waals surface area contributed by atoms with Crippen LogP contribution in [-0.4, -0.2) is 18.1 Å². The van der Waals surface area contributed by atoms with E-state index in [1.165, 1.54) is 18.4 Å². The van der Waals surface area contributed by atoms with E-state index >= 15 is 0 Å². The summed E-state index contributed by atoms with van der Waals surface area (Å²) in [5.74, 6) is -0.192. The zero-order chi connectivity index (χ0) is 9.42. The molecule has 70 valence electrons. The molecule has 0 aromatic carbocycles. The van der Waals surface area contributed by atoms with Crippen LogP contribution in [0.25, 0.3) is 0 Å². The Bertz CT molecular complexity index is 324. The summed E-state index contributed by atoms with van der Waals surface area (Å²) in [7, 11) is 1.41. The molecule has 4 nitrogen and oxygen atoms in total. The summed E-state index contributed by atoms with van der Waals surface area (Å²) >= 11 is 1.47. The maximum Gasteiger partial charge on any atom is 0.309 e. The van der Waals surface area contributed by atoms with Crippen molar-refractivity contribution < 1.29 is 9.53 Å². The van der Waals surface area contributed by atoms with Gasteiger partial charge in [0.05, 0.1) is 18.7 Å². The van der Waals surface area contributed by atoms with Crippen LogP contribution in [0.3, 0.4) is 0 Å². The minimum absolute atomic E-state index is 0.0423. The largest absolute Gasteiger partial charge is 0.469 e. The van der Waals surface area contributed by atoms with Gasteiger partial charge in [-0.05, 0) is 6.42 Å². The average Bonchev–Trinajstić information content (AvgIpc) is 2.59. The second-order valence-corrected chi connectivity index (χ2v) is 4.17. The van der Waals surface area contributed by atoms with Crippen LogP contribution in [0.15, 0.2) is 0 Å². The van der Waals surface area contributed by atoms with Crippen LogP contribution in [0, 0.1) is 5.92 Å². The summed E-state index contributed by atoms with van der Waals surface area (Å²) in [5.41, 5.74) is 6.50. The van der Waals surface area contributed by atoms with Crippen molar-refractivity contribution in [3.63, 3.8) is 0 Å². The molecule has 0 fully saturated rings. The summed E-state index contributed by atoms with van der Waals surface area (Å²) in [4.78, 5) is 16.5. The lowest BCUT2D eigenvalue weighted by Gasteiger charge is -2.04. The number of hydrogen-bond acceptors (Lipinski definition) is 5. The molecule has 0 radical (unpaired) electrons. The summed E-state index contributed by atoms with van der Waals surface area (Å²) in [6, 6.07) is 0. The molecule has 0 bridgehead atoms. The number of methoxy groups -OCH3 is 1. The topological polar surface area (TPSA) is 65.2 Å². The zero-order valence-corrected chi connectivity index (χ0v) is 8.06. The molecule has 2 N–H and O–H groups in total. The lowest BCUT2D eigenvalue weighted by Crippen LogP contribution is -2.16. The molecule has 0 spiro atoms. The summed E-state index contributed by atoms with van der Waals surface area (Å²) in [6.45, 7) is 0. The van der Waals surface area contributed by atoms with Crippen molar-refractivity contribution in [3.8, 4) is 0 Å². The quantitative estimate of drug-likeness (QED) is 0.671. The van der Waals surface area contributed by atoms with Gasteiger partial charge in [0.1, 0.15) is 0 Å². The number of carbonyl (C=O) groups excluding carboxylic acids is 1. The van der Waals surface area contributed by atoms with Gasteiger partial charge in [0.2, 0.25) is 0 Å². The Balaban J connectivity index is 2.15. The van der Waals surface area contributed by atoms with Crippen LogP contribution in [0.1, 0.15) is 10.6 Å². The predicted molar refractivity (Wildman–Crippen MR) is 49.4 cm³/mol. The first-order valence-corrected chi connectivity index (χ1v) is 4.84. The van der Waals surface area contributed by atoms with Crippen LogP contribution in [-0.2, 0) is 22.4 Å². The molecule has 0 aliphatic heterocycles. The van der Waals surface area contributed by atoms with Crippen molar-refractivity contribution >= 4 is 22.4 Å². The summed E-state index contributed by atoms with van der Waals surface area (Å²) < 4.78 is 4.67. The zero-order valence-electron chi connectivity index (χ0n) is 7.24. The first-order chi connectivity index (χ1) is 6.20. The highest BCUT2D eigenvalue weighted by molar-refractivity contribution is 7.15. The van der Waals surface area contributed by atoms with E-state index in [2.05, 4.69) is 9.72 Å². The molecular formula is C8H10N2O2S. The van der Waals surface area contributed by atoms with E-state index in [9.17, 15) is 4.79 Å². The predicted octanol–water partition coefficient (Wildman–Crippen LogP) is 0.613. The molecule has 0 saturated heterocycles. The van der Waals surface area contributed by atoms with Crippen molar-refractivity contribution in [1.29, 1.82) is 0 Å². The van der Waals surface area contributed by atoms with E-state index in [1.54, 1.807) is 0 Å². The van der Waals surface area contributed by atoms with Crippen LogP contribution in [0.2, 0.25) is 0 Å². The minimum atomic E-state index is -0.149. The van der Waals surface area contributed by atoms with Crippen molar-refractivity contribution in [2.24, 2.45) is 5.92 Å². The fourth-order valence-corrected chi connectivity index (χ4v) is 2.52. The van der Waals surface area contributed by atoms with E-state index in [-0.39, 0.29) is 11.9 Å². The smallest absolute Gasteiger partial charge is 0.309 e. The van der Waals surface area contributed by atoms with Gasteiger partial charge in [-0.1, -0.05) is 0 Å². The standard InChI is InChI=1S/C8H10N2O2S/c1-12-7(11)4-2-5-6(3-4)13-8(9)10-5/h4H,2-3H2,1H3,(H2,9,10)/t4-/m1/s1. The number of nitrogens with two attached hydrogens (primary N) is 1.